The first-order valence-corrected chi connectivity index (χ1v) is 8.81. The quantitative estimate of drug-likeness (QED) is 0.575. The summed E-state index contributed by atoms with van der Waals surface area (Å²) in [6.07, 6.45) is 1.82. The van der Waals surface area contributed by atoms with Gasteiger partial charge in [0.15, 0.2) is 0 Å². The Balaban J connectivity index is 2.39. The molecule has 0 aliphatic carbocycles. The third-order valence-corrected chi connectivity index (χ3v) is 4.70. The monoisotopic (exact) mass is 333 g/mol. The Labute approximate surface area is 150 Å². The minimum absolute atomic E-state index is 0.0256. The number of pyridine rings is 1. The molecule has 1 aromatic heterocycles. The van der Waals surface area contributed by atoms with E-state index < -0.39 is 0 Å². The van der Waals surface area contributed by atoms with E-state index in [0.717, 1.165) is 33.2 Å². The number of fused-ring (bicyclic) bond motifs is 1. The van der Waals surface area contributed by atoms with Gasteiger partial charge in [0, 0.05) is 17.1 Å². The number of hydrogen-bond donors (Lipinski definition) is 1. The molecule has 0 saturated carbocycles. The van der Waals surface area contributed by atoms with E-state index in [4.69, 9.17) is 0 Å². The average Bonchev–Trinajstić information content (AvgIpc) is 2.52. The van der Waals surface area contributed by atoms with E-state index in [1.54, 1.807) is 0 Å². The molecule has 0 unspecified atom stereocenters. The third-order valence-electron chi connectivity index (χ3n) is 4.70. The predicted molar refractivity (Wildman–Crippen MR) is 106 cm³/mol. The zero-order valence-electron chi connectivity index (χ0n) is 16.0. The van der Waals surface area contributed by atoms with Crippen LogP contribution in [0.1, 0.15) is 52.7 Å². The fourth-order valence-electron chi connectivity index (χ4n) is 3.22. The van der Waals surface area contributed by atoms with Gasteiger partial charge in [-0.1, -0.05) is 71.9 Å². The number of phenolic OH excluding ortho intramolecular Hbond substituents is 1. The molecule has 0 aliphatic rings. The molecule has 0 saturated heterocycles. The van der Waals surface area contributed by atoms with Crippen LogP contribution in [0.5, 0.6) is 5.75 Å². The molecular formula is C23H27NO. The first-order valence-electron chi connectivity index (χ1n) is 8.81. The van der Waals surface area contributed by atoms with Crippen LogP contribution in [0.2, 0.25) is 0 Å². The number of nitrogens with zero attached hydrogens (tertiary/aromatic N) is 1. The Hall–Kier alpha value is -2.35. The van der Waals surface area contributed by atoms with Gasteiger partial charge in [0.05, 0.1) is 5.69 Å². The molecule has 0 spiro atoms. The maximum atomic E-state index is 11.0. The fourth-order valence-corrected chi connectivity index (χ4v) is 3.22. The van der Waals surface area contributed by atoms with E-state index in [1.165, 1.54) is 0 Å². The molecule has 2 heteroatoms. The molecule has 25 heavy (non-hydrogen) atoms. The topological polar surface area (TPSA) is 33.1 Å². The van der Waals surface area contributed by atoms with Gasteiger partial charge in [-0.3, -0.25) is 4.98 Å². The van der Waals surface area contributed by atoms with Crippen molar-refractivity contribution in [3.63, 3.8) is 0 Å². The summed E-state index contributed by atoms with van der Waals surface area (Å²) in [5.41, 5.74) is 3.83. The number of hydrogen-bond acceptors (Lipinski definition) is 2. The molecule has 0 amide bonds. The summed E-state index contributed by atoms with van der Waals surface area (Å²) < 4.78 is 0. The molecule has 0 atom stereocenters. The molecule has 0 fully saturated rings. The van der Waals surface area contributed by atoms with Crippen molar-refractivity contribution in [1.82, 2.24) is 4.98 Å². The van der Waals surface area contributed by atoms with Gasteiger partial charge in [0.25, 0.3) is 0 Å². The summed E-state index contributed by atoms with van der Waals surface area (Å²) in [7, 11) is 0. The van der Waals surface area contributed by atoms with E-state index in [0.29, 0.717) is 5.75 Å². The Morgan fingerprint density at radius 1 is 0.840 bits per heavy atom. The highest BCUT2D eigenvalue weighted by atomic mass is 16.3. The lowest BCUT2D eigenvalue weighted by molar-refractivity contribution is 0.468. The Morgan fingerprint density at radius 3 is 2.16 bits per heavy atom. The zero-order chi connectivity index (χ0) is 18.4. The van der Waals surface area contributed by atoms with Crippen molar-refractivity contribution >= 4 is 10.8 Å². The molecule has 2 nitrogen and oxygen atoms in total. The van der Waals surface area contributed by atoms with Crippen molar-refractivity contribution in [2.45, 2.75) is 52.4 Å². The van der Waals surface area contributed by atoms with Crippen LogP contribution in [0, 0.1) is 0 Å². The second kappa shape index (κ2) is 5.87. The Morgan fingerprint density at radius 2 is 1.52 bits per heavy atom. The zero-order valence-corrected chi connectivity index (χ0v) is 16.0. The van der Waals surface area contributed by atoms with E-state index in [9.17, 15) is 5.11 Å². The van der Waals surface area contributed by atoms with Crippen LogP contribution in [-0.2, 0) is 10.8 Å². The van der Waals surface area contributed by atoms with Crippen molar-refractivity contribution in [1.29, 1.82) is 0 Å². The molecule has 130 valence electrons. The molecule has 3 aromatic rings. The number of phenols is 1. The first-order chi connectivity index (χ1) is 11.6. The second-order valence-corrected chi connectivity index (χ2v) is 8.80. The molecule has 0 bridgehead atoms. The van der Waals surface area contributed by atoms with Gasteiger partial charge in [0.1, 0.15) is 5.75 Å². The second-order valence-electron chi connectivity index (χ2n) is 8.80. The highest BCUT2D eigenvalue weighted by Crippen LogP contribution is 2.43. The maximum absolute atomic E-state index is 11.0. The molecule has 1 N–H and O–H groups in total. The van der Waals surface area contributed by atoms with Crippen LogP contribution in [0.15, 0.2) is 48.7 Å². The van der Waals surface area contributed by atoms with Gasteiger partial charge in [-0.15, -0.1) is 0 Å². The highest BCUT2D eigenvalue weighted by molar-refractivity contribution is 5.96. The van der Waals surface area contributed by atoms with E-state index >= 15 is 0 Å². The van der Waals surface area contributed by atoms with Gasteiger partial charge in [0.2, 0.25) is 0 Å². The normalized spacial score (nSPS) is 12.6. The lowest BCUT2D eigenvalue weighted by atomic mass is 9.77. The van der Waals surface area contributed by atoms with Crippen LogP contribution in [-0.4, -0.2) is 10.1 Å². The smallest absolute Gasteiger partial charge is 0.125 e. The van der Waals surface area contributed by atoms with Crippen LogP contribution in [0.3, 0.4) is 0 Å². The molecule has 1 heterocycles. The highest BCUT2D eigenvalue weighted by Gasteiger charge is 2.27. The van der Waals surface area contributed by atoms with Crippen molar-refractivity contribution in [2.24, 2.45) is 0 Å². The average molecular weight is 333 g/mol. The lowest BCUT2D eigenvalue weighted by Crippen LogP contribution is -2.17. The number of aromatic nitrogens is 1. The predicted octanol–water partition coefficient (Wildman–Crippen LogP) is 6.20. The van der Waals surface area contributed by atoms with Crippen LogP contribution in [0.25, 0.3) is 22.0 Å². The molecule has 0 radical (unpaired) electrons. The van der Waals surface area contributed by atoms with Crippen molar-refractivity contribution in [3.05, 3.63) is 59.8 Å². The van der Waals surface area contributed by atoms with Gasteiger partial charge in [-0.05, 0) is 39.5 Å². The fraction of sp³-hybridized carbons (Fsp3) is 0.348. The van der Waals surface area contributed by atoms with Crippen LogP contribution < -0.4 is 0 Å². The summed E-state index contributed by atoms with van der Waals surface area (Å²) in [5.74, 6) is 0.307. The van der Waals surface area contributed by atoms with Gasteiger partial charge < -0.3 is 5.11 Å². The molecule has 2 aromatic carbocycles. The third kappa shape index (κ3) is 3.26. The summed E-state index contributed by atoms with van der Waals surface area (Å²) in [5, 5.41) is 13.2. The molecular weight excluding hydrogens is 306 g/mol. The van der Waals surface area contributed by atoms with E-state index in [-0.39, 0.29) is 10.8 Å². The molecule has 3 rings (SSSR count). The van der Waals surface area contributed by atoms with Gasteiger partial charge in [-0.2, -0.15) is 0 Å². The van der Waals surface area contributed by atoms with Crippen molar-refractivity contribution < 1.29 is 5.11 Å². The van der Waals surface area contributed by atoms with Gasteiger partial charge >= 0.3 is 0 Å². The SMILES string of the molecule is CC(C)(C)c1cc(O)c(-c2nccc3ccccc23)c(C(C)(C)C)c1. The summed E-state index contributed by atoms with van der Waals surface area (Å²) in [4.78, 5) is 4.64. The summed E-state index contributed by atoms with van der Waals surface area (Å²) in [6, 6.07) is 14.3. The van der Waals surface area contributed by atoms with E-state index in [1.807, 2.05) is 30.5 Å². The summed E-state index contributed by atoms with van der Waals surface area (Å²) in [6.45, 7) is 13.1. The maximum Gasteiger partial charge on any atom is 0.125 e. The van der Waals surface area contributed by atoms with Crippen molar-refractivity contribution in [3.8, 4) is 17.0 Å². The van der Waals surface area contributed by atoms with E-state index in [2.05, 4.69) is 64.7 Å². The first kappa shape index (κ1) is 17.5. The Kier molecular flexibility index (Phi) is 4.10. The van der Waals surface area contributed by atoms with Gasteiger partial charge in [-0.25, -0.2) is 0 Å². The minimum atomic E-state index is -0.104. The minimum Gasteiger partial charge on any atom is -0.507 e. The van der Waals surface area contributed by atoms with Crippen LogP contribution >= 0.6 is 0 Å². The lowest BCUT2D eigenvalue weighted by Gasteiger charge is -2.28. The number of rotatable bonds is 1. The number of benzene rings is 2. The molecule has 0 aliphatic heterocycles. The van der Waals surface area contributed by atoms with Crippen LogP contribution in [0.4, 0.5) is 0 Å². The number of aromatic hydroxyl groups is 1. The summed E-state index contributed by atoms with van der Waals surface area (Å²) >= 11 is 0. The largest absolute Gasteiger partial charge is 0.507 e. The Bertz CT molecular complexity index is 922. The standard InChI is InChI=1S/C23H27NO/c1-22(2,3)16-13-18(23(4,5)6)20(19(25)14-16)21-17-10-8-7-9-15(17)11-12-24-21/h7-14,25H,1-6H3. The van der Waals surface area contributed by atoms with Crippen molar-refractivity contribution in [2.75, 3.05) is 0 Å².